The molecule has 0 saturated carbocycles. The number of benzene rings is 1. The predicted molar refractivity (Wildman–Crippen MR) is 116 cm³/mol. The number of hydrogen-bond donors (Lipinski definition) is 1. The summed E-state index contributed by atoms with van der Waals surface area (Å²) in [5.74, 6) is -0.0223. The lowest BCUT2D eigenvalue weighted by Gasteiger charge is -2.38. The molecule has 1 N–H and O–H groups in total. The number of morpholine rings is 1. The molecule has 2 atom stereocenters. The second kappa shape index (κ2) is 9.44. The van der Waals surface area contributed by atoms with Crippen LogP contribution >= 0.6 is 11.8 Å². The Bertz CT molecular complexity index is 1110. The van der Waals surface area contributed by atoms with Gasteiger partial charge >= 0.3 is 6.18 Å². The number of halogens is 3. The quantitative estimate of drug-likeness (QED) is 0.718. The number of amides is 2. The number of pyridine rings is 1. The summed E-state index contributed by atoms with van der Waals surface area (Å²) in [5, 5.41) is 12.1. The van der Waals surface area contributed by atoms with Gasteiger partial charge in [-0.1, -0.05) is 0 Å². The molecule has 1 aromatic heterocycles. The molecule has 0 bridgehead atoms. The molecule has 0 aliphatic carbocycles. The Morgan fingerprint density at radius 1 is 1.33 bits per heavy atom. The van der Waals surface area contributed by atoms with E-state index in [0.29, 0.717) is 28.2 Å². The third-order valence-electron chi connectivity index (χ3n) is 5.56. The van der Waals surface area contributed by atoms with E-state index >= 15 is 0 Å². The zero-order valence-electron chi connectivity index (χ0n) is 17.3. The first kappa shape index (κ1) is 23.1. The summed E-state index contributed by atoms with van der Waals surface area (Å²) in [5.41, 5.74) is 0.936. The molecule has 2 aromatic rings. The van der Waals surface area contributed by atoms with Crippen LogP contribution in [0.5, 0.6) is 0 Å². The number of carbonyl (C=O) groups is 2. The van der Waals surface area contributed by atoms with E-state index in [4.69, 9.17) is 10.00 Å². The lowest BCUT2D eigenvalue weighted by molar-refractivity contribution is -0.167. The van der Waals surface area contributed by atoms with Crippen LogP contribution in [0.3, 0.4) is 0 Å². The number of anilines is 1. The van der Waals surface area contributed by atoms with Crippen molar-refractivity contribution in [2.24, 2.45) is 0 Å². The van der Waals surface area contributed by atoms with Crippen molar-refractivity contribution in [1.82, 2.24) is 15.2 Å². The number of carbonyl (C=O) groups excluding carboxylic acids is 2. The maximum atomic E-state index is 13.5. The van der Waals surface area contributed by atoms with E-state index in [1.54, 1.807) is 6.07 Å². The summed E-state index contributed by atoms with van der Waals surface area (Å²) in [4.78, 5) is 32.1. The highest BCUT2D eigenvalue weighted by atomic mass is 32.2. The predicted octanol–water partition coefficient (Wildman–Crippen LogP) is 2.16. The molecule has 0 radical (unpaired) electrons. The molecule has 174 valence electrons. The SMILES string of the molecule is N#C[C@@H]1CSCN1C(=O)CNC(=O)c1ccnc2ccc(N3CCOC[C@@H]3C(F)(F)F)cc12. The lowest BCUT2D eigenvalue weighted by atomic mass is 10.1. The number of hydrogen-bond acceptors (Lipinski definition) is 7. The first-order chi connectivity index (χ1) is 15.8. The van der Waals surface area contributed by atoms with Crippen molar-refractivity contribution >= 4 is 40.2 Å². The minimum absolute atomic E-state index is 0.0554. The van der Waals surface area contributed by atoms with Gasteiger partial charge in [0.2, 0.25) is 5.91 Å². The van der Waals surface area contributed by atoms with Crippen molar-refractivity contribution in [1.29, 1.82) is 5.26 Å². The minimum atomic E-state index is -4.47. The van der Waals surface area contributed by atoms with Crippen LogP contribution < -0.4 is 10.2 Å². The van der Waals surface area contributed by atoms with Crippen molar-refractivity contribution < 1.29 is 27.5 Å². The molecule has 2 fully saturated rings. The molecule has 2 amide bonds. The van der Waals surface area contributed by atoms with Gasteiger partial charge in [-0.15, -0.1) is 11.8 Å². The highest BCUT2D eigenvalue weighted by Gasteiger charge is 2.45. The Morgan fingerprint density at radius 2 is 2.15 bits per heavy atom. The number of nitrogens with one attached hydrogen (secondary N) is 1. The smallest absolute Gasteiger partial charge is 0.377 e. The van der Waals surface area contributed by atoms with Crippen molar-refractivity contribution in [3.63, 3.8) is 0 Å². The lowest BCUT2D eigenvalue weighted by Crippen LogP contribution is -2.53. The van der Waals surface area contributed by atoms with Crippen molar-refractivity contribution in [3.05, 3.63) is 36.0 Å². The zero-order chi connectivity index (χ0) is 23.6. The van der Waals surface area contributed by atoms with Gasteiger partial charge < -0.3 is 19.9 Å². The van der Waals surface area contributed by atoms with Gasteiger partial charge in [0.05, 0.1) is 42.8 Å². The topological polar surface area (TPSA) is 98.6 Å². The third kappa shape index (κ3) is 4.84. The number of thioether (sulfide) groups is 1. The molecule has 4 rings (SSSR count). The Balaban J connectivity index is 1.56. The maximum Gasteiger partial charge on any atom is 0.411 e. The summed E-state index contributed by atoms with van der Waals surface area (Å²) in [6.45, 7) is -0.547. The largest absolute Gasteiger partial charge is 0.411 e. The van der Waals surface area contributed by atoms with E-state index in [9.17, 15) is 22.8 Å². The monoisotopic (exact) mass is 479 g/mol. The maximum absolute atomic E-state index is 13.5. The fraction of sp³-hybridized carbons (Fsp3) is 0.429. The number of nitrogens with zero attached hydrogens (tertiary/aromatic N) is 4. The fourth-order valence-corrected chi connectivity index (χ4v) is 4.95. The van der Waals surface area contributed by atoms with E-state index in [2.05, 4.69) is 16.4 Å². The van der Waals surface area contributed by atoms with E-state index in [1.807, 2.05) is 0 Å². The number of rotatable bonds is 4. The van der Waals surface area contributed by atoms with Gasteiger partial charge in [0, 0.05) is 29.6 Å². The molecular weight excluding hydrogens is 459 g/mol. The van der Waals surface area contributed by atoms with Gasteiger partial charge in [-0.2, -0.15) is 18.4 Å². The minimum Gasteiger partial charge on any atom is -0.377 e. The second-order valence-corrected chi connectivity index (χ2v) is 8.58. The molecule has 2 saturated heterocycles. The van der Waals surface area contributed by atoms with E-state index in [1.165, 1.54) is 46.0 Å². The van der Waals surface area contributed by atoms with Gasteiger partial charge in [0.1, 0.15) is 12.1 Å². The first-order valence-corrected chi connectivity index (χ1v) is 11.3. The standard InChI is InChI=1S/C21H20F3N5O3S/c22-21(23,24)18-10-32-6-5-28(18)13-1-2-17-16(7-13)15(3-4-26-17)20(31)27-9-19(30)29-12-33-11-14(29)8-25/h1-4,7,14,18H,5-6,9-12H2,(H,27,31)/t14-,18-/m1/s1. The molecule has 0 unspecified atom stereocenters. The number of alkyl halides is 3. The summed E-state index contributed by atoms with van der Waals surface area (Å²) in [7, 11) is 0. The number of aromatic nitrogens is 1. The molecule has 33 heavy (non-hydrogen) atoms. The van der Waals surface area contributed by atoms with Crippen LogP contribution in [0.1, 0.15) is 10.4 Å². The van der Waals surface area contributed by atoms with E-state index in [-0.39, 0.29) is 31.2 Å². The van der Waals surface area contributed by atoms with Gasteiger partial charge in [0.25, 0.3) is 5.91 Å². The zero-order valence-corrected chi connectivity index (χ0v) is 18.2. The highest BCUT2D eigenvalue weighted by Crippen LogP contribution is 2.33. The van der Waals surface area contributed by atoms with Crippen LogP contribution in [0.4, 0.5) is 18.9 Å². The Hall–Kier alpha value is -3.04. The highest BCUT2D eigenvalue weighted by molar-refractivity contribution is 7.99. The molecular formula is C21H20F3N5O3S. The number of ether oxygens (including phenoxy) is 1. The van der Waals surface area contributed by atoms with Crippen molar-refractivity contribution in [2.75, 3.05) is 42.8 Å². The molecule has 0 spiro atoms. The number of nitriles is 1. The van der Waals surface area contributed by atoms with Crippen LogP contribution in [0.25, 0.3) is 10.9 Å². The Morgan fingerprint density at radius 3 is 2.91 bits per heavy atom. The van der Waals surface area contributed by atoms with Crippen molar-refractivity contribution in [2.45, 2.75) is 18.3 Å². The molecule has 2 aliphatic heterocycles. The molecule has 2 aliphatic rings. The van der Waals surface area contributed by atoms with Gasteiger partial charge in [-0.3, -0.25) is 14.6 Å². The van der Waals surface area contributed by atoms with Gasteiger partial charge in [-0.05, 0) is 24.3 Å². The second-order valence-electron chi connectivity index (χ2n) is 7.58. The van der Waals surface area contributed by atoms with Crippen LogP contribution in [-0.4, -0.2) is 77.9 Å². The molecule has 8 nitrogen and oxygen atoms in total. The first-order valence-electron chi connectivity index (χ1n) is 10.1. The normalized spacial score (nSPS) is 21.2. The summed E-state index contributed by atoms with van der Waals surface area (Å²) in [6, 6.07) is 5.80. The number of fused-ring (bicyclic) bond motifs is 1. The van der Waals surface area contributed by atoms with Crippen LogP contribution in [0.2, 0.25) is 0 Å². The molecule has 12 heteroatoms. The van der Waals surface area contributed by atoms with Gasteiger partial charge in [-0.25, -0.2) is 0 Å². The van der Waals surface area contributed by atoms with Gasteiger partial charge in [0.15, 0.2) is 0 Å². The van der Waals surface area contributed by atoms with Crippen LogP contribution in [0.15, 0.2) is 30.5 Å². The van der Waals surface area contributed by atoms with Crippen LogP contribution in [-0.2, 0) is 9.53 Å². The van der Waals surface area contributed by atoms with Crippen LogP contribution in [0, 0.1) is 11.3 Å². The summed E-state index contributed by atoms with van der Waals surface area (Å²) in [6.07, 6.45) is -3.05. The molecule has 1 aromatic carbocycles. The average molecular weight is 479 g/mol. The Kier molecular flexibility index (Phi) is 6.62. The van der Waals surface area contributed by atoms with E-state index in [0.717, 1.165) is 0 Å². The Labute approximate surface area is 191 Å². The molecule has 3 heterocycles. The summed E-state index contributed by atoms with van der Waals surface area (Å²) >= 11 is 1.46. The summed E-state index contributed by atoms with van der Waals surface area (Å²) < 4.78 is 45.5. The average Bonchev–Trinajstić information content (AvgIpc) is 3.30. The van der Waals surface area contributed by atoms with E-state index < -0.39 is 30.8 Å². The fourth-order valence-electron chi connectivity index (χ4n) is 3.84. The van der Waals surface area contributed by atoms with Crippen molar-refractivity contribution in [3.8, 4) is 6.07 Å². The third-order valence-corrected chi connectivity index (χ3v) is 6.57.